The molecule has 0 aliphatic heterocycles. The zero-order chi connectivity index (χ0) is 32.5. The fourth-order valence-electron chi connectivity index (χ4n) is 6.19. The van der Waals surface area contributed by atoms with E-state index in [-0.39, 0.29) is 11.8 Å². The van der Waals surface area contributed by atoms with Crippen LogP contribution in [0.15, 0.2) is 127 Å². The van der Waals surface area contributed by atoms with Crippen LogP contribution in [-0.2, 0) is 0 Å². The highest BCUT2D eigenvalue weighted by Crippen LogP contribution is 2.34. The Kier molecular flexibility index (Phi) is 7.76. The summed E-state index contributed by atoms with van der Waals surface area (Å²) in [5.74, 6) is -0.564. The molecule has 0 spiro atoms. The third-order valence-electron chi connectivity index (χ3n) is 8.49. The molecule has 6 heteroatoms. The number of carbonyl (C=O) groups excluding carboxylic acids is 2. The lowest BCUT2D eigenvalue weighted by Crippen LogP contribution is -2.19. The number of hydrogen-bond acceptors (Lipinski definition) is 4. The summed E-state index contributed by atoms with van der Waals surface area (Å²) in [5, 5.41) is 7.76. The minimum Gasteiger partial charge on any atom is -0.320 e. The Morgan fingerprint density at radius 1 is 0.489 bits per heavy atom. The molecule has 0 aliphatic carbocycles. The van der Waals surface area contributed by atoms with Crippen molar-refractivity contribution in [1.82, 2.24) is 9.97 Å². The molecule has 0 atom stereocenters. The van der Waals surface area contributed by atoms with E-state index in [9.17, 15) is 9.59 Å². The molecule has 2 amide bonds. The predicted molar refractivity (Wildman–Crippen MR) is 191 cm³/mol. The van der Waals surface area contributed by atoms with Gasteiger partial charge in [-0.05, 0) is 61.7 Å². The average Bonchev–Trinajstić information content (AvgIpc) is 3.09. The fraction of sp³-hybridized carbons (Fsp3) is 0.0732. The lowest BCUT2D eigenvalue weighted by Gasteiger charge is -2.18. The van der Waals surface area contributed by atoms with Gasteiger partial charge in [-0.15, -0.1) is 0 Å². The first-order valence-corrected chi connectivity index (χ1v) is 15.5. The Morgan fingerprint density at radius 2 is 0.915 bits per heavy atom. The van der Waals surface area contributed by atoms with E-state index < -0.39 is 0 Å². The third-order valence-corrected chi connectivity index (χ3v) is 8.49. The average molecular weight is 613 g/mol. The molecule has 6 nitrogen and oxygen atoms in total. The lowest BCUT2D eigenvalue weighted by atomic mass is 9.96. The number of aryl methyl sites for hydroxylation is 1. The maximum atomic E-state index is 14.2. The Bertz CT molecular complexity index is 2320. The molecule has 5 aromatic carbocycles. The first kappa shape index (κ1) is 29.6. The highest BCUT2D eigenvalue weighted by molar-refractivity contribution is 6.18. The van der Waals surface area contributed by atoms with E-state index >= 15 is 0 Å². The summed E-state index contributed by atoms with van der Waals surface area (Å²) in [6.45, 7) is 5.81. The van der Waals surface area contributed by atoms with Crippen LogP contribution in [0.5, 0.6) is 0 Å². The zero-order valence-corrected chi connectivity index (χ0v) is 26.3. The molecule has 2 aromatic heterocycles. The molecule has 0 saturated carbocycles. The van der Waals surface area contributed by atoms with Gasteiger partial charge in [0.05, 0.1) is 44.9 Å². The summed E-state index contributed by atoms with van der Waals surface area (Å²) in [6.07, 6.45) is 0. The van der Waals surface area contributed by atoms with E-state index in [0.717, 1.165) is 61.0 Å². The van der Waals surface area contributed by atoms with E-state index in [1.54, 1.807) is 0 Å². The number of amides is 2. The fourth-order valence-corrected chi connectivity index (χ4v) is 6.19. The van der Waals surface area contributed by atoms with Crippen molar-refractivity contribution in [1.29, 1.82) is 0 Å². The number of carbonyl (C=O) groups is 2. The molecule has 228 valence electrons. The lowest BCUT2D eigenvalue weighted by molar-refractivity contribution is 0.101. The minimum absolute atomic E-state index is 0.281. The molecule has 0 unspecified atom stereocenters. The van der Waals surface area contributed by atoms with Gasteiger partial charge in [-0.2, -0.15) is 0 Å². The van der Waals surface area contributed by atoms with Crippen molar-refractivity contribution < 1.29 is 9.59 Å². The Hall–Kier alpha value is -6.14. The number of para-hydroxylation sites is 2. The number of nitrogens with zero attached hydrogens (tertiary/aromatic N) is 2. The zero-order valence-electron chi connectivity index (χ0n) is 26.3. The molecule has 0 fully saturated rings. The van der Waals surface area contributed by atoms with Crippen LogP contribution in [0.25, 0.3) is 44.3 Å². The number of nitrogens with one attached hydrogen (secondary N) is 2. The van der Waals surface area contributed by atoms with Gasteiger partial charge in [0, 0.05) is 21.9 Å². The van der Waals surface area contributed by atoms with Gasteiger partial charge in [0.15, 0.2) is 0 Å². The highest BCUT2D eigenvalue weighted by Gasteiger charge is 2.23. The molecule has 0 radical (unpaired) electrons. The Labute approximate surface area is 273 Å². The second-order valence-corrected chi connectivity index (χ2v) is 11.6. The van der Waals surface area contributed by atoms with E-state index in [1.165, 1.54) is 0 Å². The maximum Gasteiger partial charge on any atom is 0.256 e. The molecule has 7 aromatic rings. The largest absolute Gasteiger partial charge is 0.320 e. The van der Waals surface area contributed by atoms with Crippen LogP contribution in [0.2, 0.25) is 0 Å². The Morgan fingerprint density at radius 3 is 1.40 bits per heavy atom. The third kappa shape index (κ3) is 5.62. The molecule has 0 saturated heterocycles. The molecule has 0 aliphatic rings. The van der Waals surface area contributed by atoms with E-state index in [1.807, 2.05) is 148 Å². The summed E-state index contributed by atoms with van der Waals surface area (Å²) in [4.78, 5) is 38.3. The summed E-state index contributed by atoms with van der Waals surface area (Å²) < 4.78 is 0. The number of anilines is 2. The van der Waals surface area contributed by atoms with Crippen LogP contribution in [0.3, 0.4) is 0 Å². The molecular formula is C41H32N4O2. The summed E-state index contributed by atoms with van der Waals surface area (Å²) in [7, 11) is 0. The number of benzene rings is 5. The van der Waals surface area contributed by atoms with Crippen LogP contribution in [0.1, 0.15) is 37.4 Å². The van der Waals surface area contributed by atoms with Crippen molar-refractivity contribution >= 4 is 45.0 Å². The molecule has 2 heterocycles. The number of aromatic nitrogens is 2. The molecule has 0 bridgehead atoms. The quantitative estimate of drug-likeness (QED) is 0.196. The first-order chi connectivity index (χ1) is 22.9. The Balaban J connectivity index is 1.29. The van der Waals surface area contributed by atoms with Gasteiger partial charge in [-0.3, -0.25) is 9.59 Å². The van der Waals surface area contributed by atoms with Gasteiger partial charge >= 0.3 is 0 Å². The van der Waals surface area contributed by atoms with Gasteiger partial charge in [-0.25, -0.2) is 9.97 Å². The molecular weight excluding hydrogens is 580 g/mol. The van der Waals surface area contributed by atoms with Crippen molar-refractivity contribution in [2.24, 2.45) is 0 Å². The van der Waals surface area contributed by atoms with E-state index in [0.29, 0.717) is 22.5 Å². The second-order valence-electron chi connectivity index (χ2n) is 11.6. The van der Waals surface area contributed by atoms with Gasteiger partial charge in [-0.1, -0.05) is 103 Å². The molecule has 47 heavy (non-hydrogen) atoms. The van der Waals surface area contributed by atoms with Crippen molar-refractivity contribution in [2.75, 3.05) is 10.6 Å². The summed E-state index contributed by atoms with van der Waals surface area (Å²) in [6, 6.07) is 40.7. The number of hydrogen-bond donors (Lipinski definition) is 2. The number of fused-ring (bicyclic) bond motifs is 2. The highest BCUT2D eigenvalue weighted by atomic mass is 16.2. The molecule has 7 rings (SSSR count). The standard InChI is InChI=1S/C41H32N4O2/c1-25-22-23-34(44-40(46)36-26(2)38(28-14-6-4-7-15-28)42-32-20-12-10-18-30(32)36)35(24-25)45-41(47)37-27(3)39(29-16-8-5-9-17-29)43-33-21-13-11-19-31(33)37/h4-24H,1-3H3,(H,44,46)(H,45,47). The number of rotatable bonds is 6. The predicted octanol–water partition coefficient (Wildman–Crippen LogP) is 9.55. The smallest absolute Gasteiger partial charge is 0.256 e. The van der Waals surface area contributed by atoms with Crippen LogP contribution in [0, 0.1) is 20.8 Å². The van der Waals surface area contributed by atoms with Gasteiger partial charge in [0.25, 0.3) is 11.8 Å². The maximum absolute atomic E-state index is 14.2. The van der Waals surface area contributed by atoms with E-state index in [2.05, 4.69) is 10.6 Å². The first-order valence-electron chi connectivity index (χ1n) is 15.5. The van der Waals surface area contributed by atoms with Gasteiger partial charge in [0.2, 0.25) is 0 Å². The number of pyridine rings is 2. The van der Waals surface area contributed by atoms with Crippen LogP contribution >= 0.6 is 0 Å². The van der Waals surface area contributed by atoms with Crippen molar-refractivity contribution in [2.45, 2.75) is 20.8 Å². The summed E-state index contributed by atoms with van der Waals surface area (Å²) in [5.41, 5.74) is 9.40. The van der Waals surface area contributed by atoms with Crippen LogP contribution in [0.4, 0.5) is 11.4 Å². The minimum atomic E-state index is -0.283. The topological polar surface area (TPSA) is 84.0 Å². The van der Waals surface area contributed by atoms with E-state index in [4.69, 9.17) is 9.97 Å². The van der Waals surface area contributed by atoms with Crippen molar-refractivity contribution in [3.05, 3.63) is 155 Å². The van der Waals surface area contributed by atoms with Crippen LogP contribution in [-0.4, -0.2) is 21.8 Å². The van der Waals surface area contributed by atoms with Crippen LogP contribution < -0.4 is 10.6 Å². The van der Waals surface area contributed by atoms with Crippen molar-refractivity contribution in [3.63, 3.8) is 0 Å². The monoisotopic (exact) mass is 612 g/mol. The second kappa shape index (κ2) is 12.3. The normalized spacial score (nSPS) is 11.0. The SMILES string of the molecule is Cc1ccc(NC(=O)c2c(C)c(-c3ccccc3)nc3ccccc23)c(NC(=O)c2c(C)c(-c3ccccc3)nc3ccccc23)c1. The molecule has 2 N–H and O–H groups in total. The van der Waals surface area contributed by atoms with Gasteiger partial charge < -0.3 is 10.6 Å². The summed E-state index contributed by atoms with van der Waals surface area (Å²) >= 11 is 0. The van der Waals surface area contributed by atoms with Crippen molar-refractivity contribution in [3.8, 4) is 22.5 Å². The van der Waals surface area contributed by atoms with Gasteiger partial charge in [0.1, 0.15) is 0 Å².